The van der Waals surface area contributed by atoms with E-state index in [-0.39, 0.29) is 28.3 Å². The van der Waals surface area contributed by atoms with Gasteiger partial charge in [0, 0.05) is 16.4 Å². The molecule has 0 aliphatic heterocycles. The second-order valence-electron chi connectivity index (χ2n) is 11.4. The highest BCUT2D eigenvalue weighted by molar-refractivity contribution is 5.43. The number of benzene rings is 2. The zero-order valence-corrected chi connectivity index (χ0v) is 23.7. The van der Waals surface area contributed by atoms with Gasteiger partial charge in [-0.1, -0.05) is 81.4 Å². The quantitative estimate of drug-likeness (QED) is 0.402. The topological polar surface area (TPSA) is 0 Å². The molecule has 0 bridgehead atoms. The minimum atomic E-state index is -0.246. The minimum Gasteiger partial charge on any atom is -0.207 e. The van der Waals surface area contributed by atoms with E-state index in [9.17, 15) is 13.2 Å². The second kappa shape index (κ2) is 11.5. The lowest BCUT2D eigenvalue weighted by atomic mass is 9.65. The molecular weight excluding hydrogens is 441 g/mol. The molecule has 35 heavy (non-hydrogen) atoms. The van der Waals surface area contributed by atoms with Gasteiger partial charge in [0.05, 0.1) is 0 Å². The van der Waals surface area contributed by atoms with Gasteiger partial charge in [-0.25, -0.2) is 13.2 Å². The van der Waals surface area contributed by atoms with Gasteiger partial charge in [0.2, 0.25) is 0 Å². The van der Waals surface area contributed by atoms with E-state index in [0.29, 0.717) is 41.2 Å². The van der Waals surface area contributed by atoms with Crippen molar-refractivity contribution in [2.45, 2.75) is 106 Å². The Hall–Kier alpha value is -1.77. The Kier molecular flexibility index (Phi) is 9.70. The van der Waals surface area contributed by atoms with Gasteiger partial charge >= 0.3 is 0 Å². The highest BCUT2D eigenvalue weighted by Crippen LogP contribution is 2.51. The van der Waals surface area contributed by atoms with Crippen LogP contribution in [0.2, 0.25) is 0 Å². The molecule has 2 aromatic rings. The first-order valence-electron chi connectivity index (χ1n) is 13.7. The molecule has 0 amide bonds. The number of aryl methyl sites for hydroxylation is 1. The molecule has 0 heterocycles. The summed E-state index contributed by atoms with van der Waals surface area (Å²) >= 11 is 0. The maximum absolute atomic E-state index is 14.1. The van der Waals surface area contributed by atoms with E-state index in [1.165, 1.54) is 17.7 Å². The lowest BCUT2D eigenvalue weighted by Gasteiger charge is -2.39. The van der Waals surface area contributed by atoms with Crippen LogP contribution >= 0.6 is 0 Å². The molecule has 0 saturated carbocycles. The molecule has 0 aromatic heterocycles. The van der Waals surface area contributed by atoms with Crippen LogP contribution in [0, 0.1) is 41.1 Å². The fourth-order valence-electron chi connectivity index (χ4n) is 7.21. The van der Waals surface area contributed by atoms with Crippen LogP contribution in [-0.2, 0) is 23.7 Å². The Balaban J connectivity index is 0.000000231. The van der Waals surface area contributed by atoms with Gasteiger partial charge < -0.3 is 0 Å². The van der Waals surface area contributed by atoms with Crippen LogP contribution in [0.25, 0.3) is 0 Å². The fraction of sp³-hybridized carbons (Fsp3) is 0.625. The highest BCUT2D eigenvalue weighted by Gasteiger charge is 2.47. The molecule has 0 radical (unpaired) electrons. The molecule has 0 N–H and O–H groups in total. The monoisotopic (exact) mass is 488 g/mol. The van der Waals surface area contributed by atoms with Crippen molar-refractivity contribution in [1.29, 1.82) is 0 Å². The van der Waals surface area contributed by atoms with Crippen molar-refractivity contribution in [3.05, 3.63) is 70.0 Å². The molecule has 0 atom stereocenters. The Morgan fingerprint density at radius 1 is 0.571 bits per heavy atom. The third-order valence-electron chi connectivity index (χ3n) is 8.95. The number of halogens is 3. The summed E-state index contributed by atoms with van der Waals surface area (Å²) < 4.78 is 42.0. The molecule has 0 saturated heterocycles. The standard InChI is InChI=1S/C15H20F2.C15H21F.C2H6/c1-9(2)15(10(3)4)8-7-11-12(16)5-6-13(17)14(11)15;1-10(2)15(11(3)4)9-8-12-6-5-7-13(16)14(12)15;1-2/h5-6,9-10H,7-8H2,1-4H3;5-7,10-11H,8-9H2,1-4H3;1-2H3. The Morgan fingerprint density at radius 3 is 1.51 bits per heavy atom. The van der Waals surface area contributed by atoms with E-state index < -0.39 is 0 Å². The summed E-state index contributed by atoms with van der Waals surface area (Å²) in [6.45, 7) is 21.3. The average Bonchev–Trinajstić information content (AvgIpc) is 3.41. The molecule has 2 aliphatic carbocycles. The molecule has 0 fully saturated rings. The maximum atomic E-state index is 14.1. The Labute approximate surface area is 212 Å². The van der Waals surface area contributed by atoms with Crippen molar-refractivity contribution in [3.63, 3.8) is 0 Å². The van der Waals surface area contributed by atoms with E-state index >= 15 is 0 Å². The largest absolute Gasteiger partial charge is 0.207 e. The molecule has 0 nitrogen and oxygen atoms in total. The van der Waals surface area contributed by atoms with Crippen LogP contribution < -0.4 is 0 Å². The Bertz CT molecular complexity index is 969. The molecule has 3 heteroatoms. The van der Waals surface area contributed by atoms with Crippen molar-refractivity contribution < 1.29 is 13.2 Å². The third-order valence-corrected chi connectivity index (χ3v) is 8.95. The second-order valence-corrected chi connectivity index (χ2v) is 11.4. The van der Waals surface area contributed by atoms with Crippen LogP contribution in [0.5, 0.6) is 0 Å². The first kappa shape index (κ1) is 29.5. The van der Waals surface area contributed by atoms with Gasteiger partial charge in [-0.15, -0.1) is 0 Å². The van der Waals surface area contributed by atoms with Crippen LogP contribution in [0.4, 0.5) is 13.2 Å². The van der Waals surface area contributed by atoms with E-state index in [1.54, 1.807) is 6.07 Å². The van der Waals surface area contributed by atoms with E-state index in [0.717, 1.165) is 24.8 Å². The SMILES string of the molecule is CC.CC(C)C1(C(C)C)CCc2c(F)ccc(F)c21.CC(C)C1(C(C)C)CCc2cccc(F)c21. The normalized spacial score (nSPS) is 17.2. The highest BCUT2D eigenvalue weighted by atomic mass is 19.1. The van der Waals surface area contributed by atoms with Crippen LogP contribution in [0.15, 0.2) is 30.3 Å². The minimum absolute atomic E-state index is 0.00241. The van der Waals surface area contributed by atoms with E-state index in [4.69, 9.17) is 0 Å². The van der Waals surface area contributed by atoms with Crippen molar-refractivity contribution in [2.24, 2.45) is 23.7 Å². The van der Waals surface area contributed by atoms with Gasteiger partial charge in [-0.2, -0.15) is 0 Å². The number of rotatable bonds is 4. The zero-order valence-electron chi connectivity index (χ0n) is 23.7. The summed E-state index contributed by atoms with van der Waals surface area (Å²) in [5, 5.41) is 0. The average molecular weight is 489 g/mol. The van der Waals surface area contributed by atoms with E-state index in [1.807, 2.05) is 19.9 Å². The van der Waals surface area contributed by atoms with Crippen LogP contribution in [0.1, 0.15) is 104 Å². The fourth-order valence-corrected chi connectivity index (χ4v) is 7.21. The lowest BCUT2D eigenvalue weighted by Crippen LogP contribution is -2.36. The lowest BCUT2D eigenvalue weighted by molar-refractivity contribution is 0.212. The van der Waals surface area contributed by atoms with Gasteiger partial charge in [-0.05, 0) is 84.2 Å². The van der Waals surface area contributed by atoms with E-state index in [2.05, 4.69) is 61.5 Å². The molecule has 4 rings (SSSR count). The molecular formula is C32H47F3. The number of hydrogen-bond acceptors (Lipinski definition) is 0. The smallest absolute Gasteiger partial charge is 0.127 e. The summed E-state index contributed by atoms with van der Waals surface area (Å²) in [6, 6.07) is 8.07. The van der Waals surface area contributed by atoms with Gasteiger partial charge in [0.25, 0.3) is 0 Å². The molecule has 196 valence electrons. The molecule has 2 aliphatic rings. The summed E-state index contributed by atoms with van der Waals surface area (Å²) in [5.74, 6) is 1.14. The number of hydrogen-bond donors (Lipinski definition) is 0. The molecule has 0 spiro atoms. The third kappa shape index (κ3) is 4.94. The summed E-state index contributed by atoms with van der Waals surface area (Å²) in [4.78, 5) is 0. The maximum Gasteiger partial charge on any atom is 0.127 e. The molecule has 0 unspecified atom stereocenters. The Morgan fingerprint density at radius 2 is 1.00 bits per heavy atom. The van der Waals surface area contributed by atoms with Gasteiger partial charge in [0.1, 0.15) is 17.5 Å². The van der Waals surface area contributed by atoms with Crippen molar-refractivity contribution in [1.82, 2.24) is 0 Å². The zero-order chi connectivity index (χ0) is 26.7. The van der Waals surface area contributed by atoms with Gasteiger partial charge in [0.15, 0.2) is 0 Å². The predicted octanol–water partition coefficient (Wildman–Crippen LogP) is 9.81. The molecule has 2 aromatic carbocycles. The van der Waals surface area contributed by atoms with Crippen molar-refractivity contribution in [3.8, 4) is 0 Å². The van der Waals surface area contributed by atoms with Crippen LogP contribution in [-0.4, -0.2) is 0 Å². The van der Waals surface area contributed by atoms with Gasteiger partial charge in [-0.3, -0.25) is 0 Å². The summed E-state index contributed by atoms with van der Waals surface area (Å²) in [6.07, 6.45) is 3.65. The predicted molar refractivity (Wildman–Crippen MR) is 143 cm³/mol. The first-order valence-corrected chi connectivity index (χ1v) is 13.7. The van der Waals surface area contributed by atoms with Crippen molar-refractivity contribution >= 4 is 0 Å². The van der Waals surface area contributed by atoms with Crippen LogP contribution in [0.3, 0.4) is 0 Å². The first-order chi connectivity index (χ1) is 16.4. The number of fused-ring (bicyclic) bond motifs is 2. The van der Waals surface area contributed by atoms with Crippen molar-refractivity contribution in [2.75, 3.05) is 0 Å². The summed E-state index contributed by atoms with van der Waals surface area (Å²) in [5.41, 5.74) is 3.31. The summed E-state index contributed by atoms with van der Waals surface area (Å²) in [7, 11) is 0.